The summed E-state index contributed by atoms with van der Waals surface area (Å²) in [7, 11) is 1.53. The number of rotatable bonds is 6. The van der Waals surface area contributed by atoms with E-state index < -0.39 is 16.6 Å². The Morgan fingerprint density at radius 1 is 1.24 bits per heavy atom. The lowest BCUT2D eigenvalue weighted by Gasteiger charge is -2.27. The predicted octanol–water partition coefficient (Wildman–Crippen LogP) is 4.39. The molecule has 0 saturated carbocycles. The van der Waals surface area contributed by atoms with Crippen molar-refractivity contribution in [1.29, 1.82) is 0 Å². The summed E-state index contributed by atoms with van der Waals surface area (Å²) in [4.78, 5) is 20.8. The molecule has 34 heavy (non-hydrogen) atoms. The van der Waals surface area contributed by atoms with Gasteiger partial charge in [0.05, 0.1) is 13.0 Å². The zero-order chi connectivity index (χ0) is 23.9. The van der Waals surface area contributed by atoms with Gasteiger partial charge in [0.1, 0.15) is 36.5 Å². The van der Waals surface area contributed by atoms with Crippen LogP contribution in [0.5, 0.6) is 11.6 Å². The van der Waals surface area contributed by atoms with Gasteiger partial charge >= 0.3 is 5.91 Å². The molecule has 0 spiro atoms. The molecule has 0 aliphatic carbocycles. The van der Waals surface area contributed by atoms with Crippen molar-refractivity contribution in [3.63, 3.8) is 0 Å². The Balaban J connectivity index is 1.33. The minimum absolute atomic E-state index is 0.267. The average Bonchev–Trinajstić information content (AvgIpc) is 3.61. The molecule has 2 atom stereocenters. The van der Waals surface area contributed by atoms with Crippen molar-refractivity contribution in [3.05, 3.63) is 76.6 Å². The second-order valence-electron chi connectivity index (χ2n) is 9.05. The van der Waals surface area contributed by atoms with Crippen molar-refractivity contribution in [2.45, 2.75) is 32.3 Å². The van der Waals surface area contributed by atoms with Crippen LogP contribution in [0.25, 0.3) is 11.1 Å². The van der Waals surface area contributed by atoms with Gasteiger partial charge in [-0.15, -0.1) is 0 Å². The van der Waals surface area contributed by atoms with Crippen LogP contribution in [0.2, 0.25) is 0 Å². The first-order valence-electron chi connectivity index (χ1n) is 11.4. The first-order chi connectivity index (χ1) is 16.4. The van der Waals surface area contributed by atoms with Gasteiger partial charge in [-0.3, -0.25) is 9.63 Å². The summed E-state index contributed by atoms with van der Waals surface area (Å²) in [6.45, 7) is 2.55. The second-order valence-corrected chi connectivity index (χ2v) is 9.05. The minimum Gasteiger partial charge on any atom is -0.625 e. The Kier molecular flexibility index (Phi) is 5.79. The zero-order valence-corrected chi connectivity index (χ0v) is 19.2. The molecule has 2 aliphatic heterocycles. The molecule has 5 rings (SSSR count). The fraction of sp³-hybridized carbons (Fsp3) is 0.346. The van der Waals surface area contributed by atoms with Crippen LogP contribution in [-0.4, -0.2) is 40.7 Å². The Bertz CT molecular complexity index is 1240. The topological polar surface area (TPSA) is 84.4 Å². The SMILES string of the molecule is COc1cc(-c2cnc(C3CCc4ccc(C[C@H](C)C(=O)[N+]5([O-])CC5)cc4O3)c(F)c2)ccn1. The largest absolute Gasteiger partial charge is 0.625 e. The molecule has 1 unspecified atom stereocenters. The van der Waals surface area contributed by atoms with Crippen LogP contribution in [0.1, 0.15) is 36.3 Å². The Morgan fingerprint density at radius 2 is 2.06 bits per heavy atom. The molecule has 1 saturated heterocycles. The highest BCUT2D eigenvalue weighted by atomic mass is 19.1. The molecule has 0 radical (unpaired) electrons. The molecule has 4 heterocycles. The fourth-order valence-corrected chi connectivity index (χ4v) is 4.43. The predicted molar refractivity (Wildman–Crippen MR) is 123 cm³/mol. The number of carbonyl (C=O) groups excluding carboxylic acids is 1. The Morgan fingerprint density at radius 3 is 2.79 bits per heavy atom. The van der Waals surface area contributed by atoms with Crippen molar-refractivity contribution in [3.8, 4) is 22.8 Å². The lowest BCUT2D eigenvalue weighted by atomic mass is 9.95. The van der Waals surface area contributed by atoms with Gasteiger partial charge in [-0.2, -0.15) is 0 Å². The number of benzene rings is 1. The van der Waals surface area contributed by atoms with E-state index in [1.165, 1.54) is 13.2 Å². The minimum atomic E-state index is -0.710. The molecule has 3 aromatic rings. The number of carbonyl (C=O) groups is 1. The summed E-state index contributed by atoms with van der Waals surface area (Å²) in [6.07, 6.45) is 4.55. The number of fused-ring (bicyclic) bond motifs is 1. The van der Waals surface area contributed by atoms with Crippen LogP contribution in [0.4, 0.5) is 4.39 Å². The summed E-state index contributed by atoms with van der Waals surface area (Å²) in [5.74, 6) is 0.0588. The van der Waals surface area contributed by atoms with Crippen molar-refractivity contribution >= 4 is 5.91 Å². The van der Waals surface area contributed by atoms with E-state index in [2.05, 4.69) is 9.97 Å². The van der Waals surface area contributed by atoms with Gasteiger partial charge in [-0.05, 0) is 61.1 Å². The maximum atomic E-state index is 15.1. The van der Waals surface area contributed by atoms with E-state index in [1.807, 2.05) is 18.2 Å². The van der Waals surface area contributed by atoms with Crippen LogP contribution in [0.3, 0.4) is 0 Å². The molecule has 7 nitrogen and oxygen atoms in total. The summed E-state index contributed by atoms with van der Waals surface area (Å²) in [6, 6.07) is 10.8. The van der Waals surface area contributed by atoms with Gasteiger partial charge in [-0.1, -0.05) is 12.1 Å². The molecule has 176 valence electrons. The standard InChI is InChI=1S/C26H26FN3O4/c1-16(26(31)30(32)9-10-30)11-17-3-4-18-5-6-22(34-23(18)12-17)25-21(27)13-20(15-29-25)19-7-8-28-24(14-19)33-2/h3-4,7-8,12-16,22H,5-6,9-11H2,1-2H3/t16-,22?/m0/s1. The van der Waals surface area contributed by atoms with Crippen molar-refractivity contribution in [1.82, 2.24) is 9.97 Å². The van der Waals surface area contributed by atoms with Gasteiger partial charge < -0.3 is 14.7 Å². The molecule has 0 bridgehead atoms. The van der Waals surface area contributed by atoms with Gasteiger partial charge in [0.25, 0.3) is 0 Å². The molecule has 1 fully saturated rings. The summed E-state index contributed by atoms with van der Waals surface area (Å²) < 4.78 is 25.7. The third kappa shape index (κ3) is 4.38. The summed E-state index contributed by atoms with van der Waals surface area (Å²) in [5, 5.41) is 12.1. The van der Waals surface area contributed by atoms with E-state index >= 15 is 4.39 Å². The number of methoxy groups -OCH3 is 1. The van der Waals surface area contributed by atoms with E-state index in [0.29, 0.717) is 43.1 Å². The number of hydrogen-bond acceptors (Lipinski definition) is 6. The van der Waals surface area contributed by atoms with Crippen LogP contribution < -0.4 is 9.47 Å². The molecule has 1 amide bonds. The first kappa shape index (κ1) is 22.4. The Hall–Kier alpha value is -3.36. The smallest absolute Gasteiger partial charge is 0.317 e. The number of nitrogens with zero attached hydrogens (tertiary/aromatic N) is 3. The number of aryl methyl sites for hydroxylation is 1. The van der Waals surface area contributed by atoms with E-state index in [-0.39, 0.29) is 17.5 Å². The number of ether oxygens (including phenoxy) is 2. The summed E-state index contributed by atoms with van der Waals surface area (Å²) >= 11 is 0. The van der Waals surface area contributed by atoms with Crippen LogP contribution >= 0.6 is 0 Å². The van der Waals surface area contributed by atoms with Crippen LogP contribution in [-0.2, 0) is 17.6 Å². The molecule has 0 N–H and O–H groups in total. The molecule has 1 aromatic carbocycles. The van der Waals surface area contributed by atoms with Gasteiger partial charge in [0.2, 0.25) is 5.88 Å². The lowest BCUT2D eigenvalue weighted by molar-refractivity contribution is -0.662. The average molecular weight is 464 g/mol. The molecular weight excluding hydrogens is 437 g/mol. The fourth-order valence-electron chi connectivity index (χ4n) is 4.43. The molecular formula is C26H26FN3O4. The highest BCUT2D eigenvalue weighted by molar-refractivity contribution is 5.73. The monoisotopic (exact) mass is 463 g/mol. The van der Waals surface area contributed by atoms with E-state index in [9.17, 15) is 10.0 Å². The molecule has 2 aliphatic rings. The highest BCUT2D eigenvalue weighted by Gasteiger charge is 2.43. The maximum Gasteiger partial charge on any atom is 0.317 e. The maximum absolute atomic E-state index is 15.1. The van der Waals surface area contributed by atoms with E-state index in [1.54, 1.807) is 31.5 Å². The van der Waals surface area contributed by atoms with Gasteiger partial charge in [0, 0.05) is 24.0 Å². The van der Waals surface area contributed by atoms with E-state index in [4.69, 9.17) is 9.47 Å². The number of pyridine rings is 2. The zero-order valence-electron chi connectivity index (χ0n) is 19.2. The number of amides is 1. The molecule has 8 heteroatoms. The van der Waals surface area contributed by atoms with Gasteiger partial charge in [-0.25, -0.2) is 14.2 Å². The number of halogens is 1. The van der Waals surface area contributed by atoms with Crippen LogP contribution in [0, 0.1) is 16.9 Å². The third-order valence-electron chi connectivity index (χ3n) is 6.52. The van der Waals surface area contributed by atoms with Crippen LogP contribution in [0.15, 0.2) is 48.8 Å². The second kappa shape index (κ2) is 8.77. The van der Waals surface area contributed by atoms with Crippen molar-refractivity contribution in [2.24, 2.45) is 5.92 Å². The highest BCUT2D eigenvalue weighted by Crippen LogP contribution is 2.37. The Labute approximate surface area is 197 Å². The summed E-state index contributed by atoms with van der Waals surface area (Å²) in [5.41, 5.74) is 3.62. The normalized spacial score (nSPS) is 19.0. The number of hydrogen-bond donors (Lipinski definition) is 0. The first-order valence-corrected chi connectivity index (χ1v) is 11.4. The van der Waals surface area contributed by atoms with Crippen molar-refractivity contribution in [2.75, 3.05) is 20.2 Å². The quantitative estimate of drug-likeness (QED) is 0.306. The third-order valence-corrected chi connectivity index (χ3v) is 6.52. The lowest BCUT2D eigenvalue weighted by Crippen LogP contribution is -2.33. The number of hydroxylamine groups is 3. The number of aromatic nitrogens is 2. The van der Waals surface area contributed by atoms with Crippen molar-refractivity contribution < 1.29 is 23.3 Å². The number of quaternary nitrogens is 1. The van der Waals surface area contributed by atoms with E-state index in [0.717, 1.165) is 23.1 Å². The molecule has 2 aromatic heterocycles. The van der Waals surface area contributed by atoms with Gasteiger partial charge in [0.15, 0.2) is 0 Å².